The zero-order chi connectivity index (χ0) is 20.5. The van der Waals surface area contributed by atoms with Crippen molar-refractivity contribution in [1.82, 2.24) is 15.1 Å². The number of rotatable bonds is 6. The Hall–Kier alpha value is -2.21. The molecule has 0 radical (unpaired) electrons. The summed E-state index contributed by atoms with van der Waals surface area (Å²) in [6, 6.07) is 4.05. The lowest BCUT2D eigenvalue weighted by molar-refractivity contribution is 0.166. The molecule has 154 valence electrons. The fraction of sp³-hybridized carbons (Fsp3) is 0.591. The first-order valence-electron chi connectivity index (χ1n) is 10.1. The van der Waals surface area contributed by atoms with Crippen LogP contribution >= 0.6 is 0 Å². The van der Waals surface area contributed by atoms with E-state index in [2.05, 4.69) is 32.2 Å². The molecule has 28 heavy (non-hydrogen) atoms. The Bertz CT molecular complexity index is 777. The van der Waals surface area contributed by atoms with Gasteiger partial charge in [0.2, 0.25) is 0 Å². The highest BCUT2D eigenvalue weighted by Gasteiger charge is 2.50. The Balaban J connectivity index is 2.11. The first-order valence-corrected chi connectivity index (χ1v) is 10.1. The van der Waals surface area contributed by atoms with Gasteiger partial charge in [-0.1, -0.05) is 13.0 Å². The minimum absolute atomic E-state index is 0.0780. The maximum atomic E-state index is 13.4. The molecule has 2 amide bonds. The zero-order valence-corrected chi connectivity index (χ0v) is 18.0. The van der Waals surface area contributed by atoms with Gasteiger partial charge in [-0.15, -0.1) is 0 Å². The van der Waals surface area contributed by atoms with Gasteiger partial charge in [0.05, 0.1) is 26.3 Å². The molecule has 0 bridgehead atoms. The topological polar surface area (TPSA) is 54.0 Å². The highest BCUT2D eigenvalue weighted by Crippen LogP contribution is 2.43. The van der Waals surface area contributed by atoms with Crippen LogP contribution in [0.5, 0.6) is 11.5 Å². The Morgan fingerprint density at radius 2 is 2.04 bits per heavy atom. The predicted octanol–water partition coefficient (Wildman–Crippen LogP) is 3.41. The molecule has 0 spiro atoms. The first-order chi connectivity index (χ1) is 13.4. The molecule has 1 fully saturated rings. The quantitative estimate of drug-likeness (QED) is 0.813. The third-order valence-electron chi connectivity index (χ3n) is 6.11. The number of ether oxygens (including phenoxy) is 2. The summed E-state index contributed by atoms with van der Waals surface area (Å²) in [5.74, 6) is 1.87. The van der Waals surface area contributed by atoms with Gasteiger partial charge in [0.1, 0.15) is 11.5 Å². The normalized spacial score (nSPS) is 26.1. The fourth-order valence-corrected chi connectivity index (χ4v) is 4.60. The van der Waals surface area contributed by atoms with Gasteiger partial charge < -0.3 is 19.7 Å². The maximum Gasteiger partial charge on any atom is 0.325 e. The van der Waals surface area contributed by atoms with E-state index in [-0.39, 0.29) is 17.5 Å². The van der Waals surface area contributed by atoms with Gasteiger partial charge in [-0.3, -0.25) is 4.90 Å². The van der Waals surface area contributed by atoms with Gasteiger partial charge in [-0.2, -0.15) is 0 Å². The van der Waals surface area contributed by atoms with Crippen molar-refractivity contribution in [3.8, 4) is 11.5 Å². The average Bonchev–Trinajstić information content (AvgIpc) is 2.86. The van der Waals surface area contributed by atoms with E-state index in [1.54, 1.807) is 14.2 Å². The smallest absolute Gasteiger partial charge is 0.325 e. The minimum Gasteiger partial charge on any atom is -0.497 e. The molecule has 0 aliphatic carbocycles. The summed E-state index contributed by atoms with van der Waals surface area (Å²) in [5, 5.41) is 3.24. The second kappa shape index (κ2) is 8.03. The SMILES string of the molecule is CCN1C(=O)N2Cc3cc(OC)cc(OC)c3C[C@@H](C)/C=C\2C1(C)CCNC. The zero-order valence-electron chi connectivity index (χ0n) is 18.0. The van der Waals surface area contributed by atoms with Crippen molar-refractivity contribution >= 4 is 6.03 Å². The van der Waals surface area contributed by atoms with Crippen LogP contribution in [0.15, 0.2) is 23.9 Å². The number of carbonyl (C=O) groups is 1. The van der Waals surface area contributed by atoms with E-state index in [4.69, 9.17) is 9.47 Å². The molecule has 1 aromatic carbocycles. The van der Waals surface area contributed by atoms with Crippen molar-refractivity contribution in [3.63, 3.8) is 0 Å². The number of hydrogen-bond acceptors (Lipinski definition) is 4. The molecule has 1 unspecified atom stereocenters. The van der Waals surface area contributed by atoms with E-state index < -0.39 is 0 Å². The Morgan fingerprint density at radius 1 is 1.29 bits per heavy atom. The number of hydrogen-bond donors (Lipinski definition) is 1. The maximum absolute atomic E-state index is 13.4. The van der Waals surface area contributed by atoms with Gasteiger partial charge in [0.25, 0.3) is 0 Å². The van der Waals surface area contributed by atoms with Crippen LogP contribution in [-0.2, 0) is 13.0 Å². The molecule has 1 aromatic rings. The highest BCUT2D eigenvalue weighted by molar-refractivity contribution is 5.82. The molecule has 2 heterocycles. The molecule has 6 heteroatoms. The van der Waals surface area contributed by atoms with Crippen LogP contribution in [0.3, 0.4) is 0 Å². The second-order valence-corrected chi connectivity index (χ2v) is 7.94. The van der Waals surface area contributed by atoms with Crippen LogP contribution in [0.1, 0.15) is 38.3 Å². The summed E-state index contributed by atoms with van der Waals surface area (Å²) in [6.45, 7) is 8.54. The average molecular weight is 388 g/mol. The van der Waals surface area contributed by atoms with Crippen LogP contribution in [0.25, 0.3) is 0 Å². The summed E-state index contributed by atoms with van der Waals surface area (Å²) < 4.78 is 11.1. The number of allylic oxidation sites excluding steroid dienone is 1. The molecule has 0 saturated carbocycles. The number of fused-ring (bicyclic) bond motifs is 2. The molecule has 0 aromatic heterocycles. The number of likely N-dealkylation sites (N-methyl/N-ethyl adjacent to an activating group) is 1. The van der Waals surface area contributed by atoms with Crippen LogP contribution in [-0.4, -0.2) is 55.7 Å². The summed E-state index contributed by atoms with van der Waals surface area (Å²) in [7, 11) is 5.30. The number of methoxy groups -OCH3 is 2. The first kappa shape index (κ1) is 20.5. The van der Waals surface area contributed by atoms with Crippen molar-refractivity contribution in [2.45, 2.75) is 45.7 Å². The van der Waals surface area contributed by atoms with E-state index >= 15 is 0 Å². The lowest BCUT2D eigenvalue weighted by Gasteiger charge is -2.35. The molecule has 2 aliphatic rings. The van der Waals surface area contributed by atoms with E-state index in [9.17, 15) is 4.79 Å². The van der Waals surface area contributed by atoms with Crippen molar-refractivity contribution in [2.24, 2.45) is 5.92 Å². The third-order valence-corrected chi connectivity index (χ3v) is 6.11. The third kappa shape index (κ3) is 3.34. The molecule has 2 aliphatic heterocycles. The monoisotopic (exact) mass is 387 g/mol. The van der Waals surface area contributed by atoms with E-state index in [0.717, 1.165) is 47.7 Å². The minimum atomic E-state index is -0.302. The Labute approximate surface area is 168 Å². The molecule has 1 N–H and O–H groups in total. The summed E-state index contributed by atoms with van der Waals surface area (Å²) in [6.07, 6.45) is 4.05. The lowest BCUT2D eigenvalue weighted by atomic mass is 9.86. The van der Waals surface area contributed by atoms with Crippen molar-refractivity contribution in [1.29, 1.82) is 0 Å². The van der Waals surface area contributed by atoms with Crippen molar-refractivity contribution in [3.05, 3.63) is 35.0 Å². The van der Waals surface area contributed by atoms with Crippen LogP contribution in [0.4, 0.5) is 4.79 Å². The standard InChI is InChI=1S/C22H33N3O3/c1-7-25-21(26)24-14-16-12-17(27-5)13-19(28-6)18(16)10-15(2)11-20(24)22(25,3)8-9-23-4/h11-13,15,23H,7-10,14H2,1-6H3/b20-11-/t15-,22?/m1/s1. The molecule has 6 nitrogen and oxygen atoms in total. The molecule has 2 atom stereocenters. The number of urea groups is 1. The van der Waals surface area contributed by atoms with Crippen molar-refractivity contribution in [2.75, 3.05) is 34.4 Å². The Kier molecular flexibility index (Phi) is 5.89. The molecule has 3 rings (SSSR count). The molecular formula is C22H33N3O3. The van der Waals surface area contributed by atoms with Gasteiger partial charge in [-0.25, -0.2) is 4.79 Å². The van der Waals surface area contributed by atoms with Gasteiger partial charge in [0.15, 0.2) is 0 Å². The number of nitrogens with one attached hydrogen (secondary N) is 1. The largest absolute Gasteiger partial charge is 0.497 e. The van der Waals surface area contributed by atoms with Gasteiger partial charge in [0, 0.05) is 18.3 Å². The highest BCUT2D eigenvalue weighted by atomic mass is 16.5. The number of carbonyl (C=O) groups excluding carboxylic acids is 1. The van der Waals surface area contributed by atoms with Crippen LogP contribution in [0, 0.1) is 5.92 Å². The number of nitrogens with zero attached hydrogens (tertiary/aromatic N) is 2. The Morgan fingerprint density at radius 3 is 2.64 bits per heavy atom. The predicted molar refractivity (Wildman–Crippen MR) is 111 cm³/mol. The number of benzene rings is 1. The van der Waals surface area contributed by atoms with Gasteiger partial charge in [-0.05, 0) is 63.4 Å². The van der Waals surface area contributed by atoms with E-state index in [1.807, 2.05) is 29.0 Å². The second-order valence-electron chi connectivity index (χ2n) is 7.94. The summed E-state index contributed by atoms with van der Waals surface area (Å²) in [4.78, 5) is 17.3. The van der Waals surface area contributed by atoms with E-state index in [0.29, 0.717) is 13.1 Å². The van der Waals surface area contributed by atoms with Crippen LogP contribution in [0.2, 0.25) is 0 Å². The summed E-state index contributed by atoms with van der Waals surface area (Å²) >= 11 is 0. The lowest BCUT2D eigenvalue weighted by Crippen LogP contribution is -2.45. The summed E-state index contributed by atoms with van der Waals surface area (Å²) in [5.41, 5.74) is 3.07. The van der Waals surface area contributed by atoms with Crippen LogP contribution < -0.4 is 14.8 Å². The fourth-order valence-electron chi connectivity index (χ4n) is 4.60. The van der Waals surface area contributed by atoms with E-state index in [1.165, 1.54) is 0 Å². The van der Waals surface area contributed by atoms with Gasteiger partial charge >= 0.3 is 6.03 Å². The number of amides is 2. The van der Waals surface area contributed by atoms with Crippen molar-refractivity contribution < 1.29 is 14.3 Å². The molecular weight excluding hydrogens is 354 g/mol. The molecule has 1 saturated heterocycles.